The summed E-state index contributed by atoms with van der Waals surface area (Å²) in [5.74, 6) is 1.42. The van der Waals surface area contributed by atoms with E-state index in [2.05, 4.69) is 12.1 Å². The second-order valence-corrected chi connectivity index (χ2v) is 8.92. The van der Waals surface area contributed by atoms with Gasteiger partial charge in [0.25, 0.3) is 7.37 Å². The molecule has 0 saturated carbocycles. The first-order valence-electron chi connectivity index (χ1n) is 8.02. The molecule has 1 aliphatic heterocycles. The summed E-state index contributed by atoms with van der Waals surface area (Å²) in [6.45, 7) is 8.03. The first-order chi connectivity index (χ1) is 11.2. The van der Waals surface area contributed by atoms with Gasteiger partial charge in [-0.3, -0.25) is 4.57 Å². The first-order valence-corrected chi connectivity index (χ1v) is 10.0. The van der Waals surface area contributed by atoms with Crippen molar-refractivity contribution in [1.82, 2.24) is 0 Å². The molecule has 2 aromatic carbocycles. The van der Waals surface area contributed by atoms with Gasteiger partial charge in [-0.15, -0.1) is 0 Å². The number of benzene rings is 2. The minimum absolute atomic E-state index is 0.232. The second-order valence-electron chi connectivity index (χ2n) is 6.71. The summed E-state index contributed by atoms with van der Waals surface area (Å²) in [5, 5.41) is 0. The van der Waals surface area contributed by atoms with E-state index < -0.39 is 7.37 Å². The van der Waals surface area contributed by atoms with Crippen molar-refractivity contribution in [3.05, 3.63) is 57.6 Å². The van der Waals surface area contributed by atoms with Crippen molar-refractivity contribution in [2.75, 3.05) is 12.7 Å². The van der Waals surface area contributed by atoms with E-state index in [0.29, 0.717) is 17.9 Å². The van der Waals surface area contributed by atoms with Gasteiger partial charge in [-0.25, -0.2) is 0 Å². The van der Waals surface area contributed by atoms with Gasteiger partial charge in [-0.1, -0.05) is 35.4 Å². The lowest BCUT2D eigenvalue weighted by molar-refractivity contribution is 0.305. The van der Waals surface area contributed by atoms with Crippen LogP contribution in [0.1, 0.15) is 33.4 Å². The van der Waals surface area contributed by atoms with Crippen LogP contribution in [0.2, 0.25) is 0 Å². The monoisotopic (exact) mass is 346 g/mol. The van der Waals surface area contributed by atoms with Crippen molar-refractivity contribution in [2.45, 2.75) is 34.1 Å². The maximum atomic E-state index is 12.4. The van der Waals surface area contributed by atoms with Crippen LogP contribution in [0, 0.1) is 27.7 Å². The molecule has 0 spiro atoms. The largest absolute Gasteiger partial charge is 0.483 e. The van der Waals surface area contributed by atoms with E-state index in [1.165, 1.54) is 0 Å². The topological polar surface area (TPSA) is 55.8 Å². The Balaban J connectivity index is 2.19. The quantitative estimate of drug-likeness (QED) is 0.715. The molecule has 0 amide bonds. The first kappa shape index (κ1) is 17.1. The van der Waals surface area contributed by atoms with Gasteiger partial charge >= 0.3 is 0 Å². The highest BCUT2D eigenvalue weighted by atomic mass is 31.2. The molecule has 0 fully saturated rings. The van der Waals surface area contributed by atoms with Gasteiger partial charge in [0.15, 0.2) is 12.7 Å². The van der Waals surface area contributed by atoms with Crippen LogP contribution >= 0.6 is 7.37 Å². The molecule has 0 saturated heterocycles. The summed E-state index contributed by atoms with van der Waals surface area (Å²) in [7, 11) is -3.52. The molecule has 0 bridgehead atoms. The zero-order chi connectivity index (χ0) is 17.5. The normalized spacial score (nSPS) is 16.4. The summed E-state index contributed by atoms with van der Waals surface area (Å²) in [5.41, 5.74) is 6.29. The second kappa shape index (κ2) is 6.27. The van der Waals surface area contributed by atoms with Crippen LogP contribution in [0.25, 0.3) is 0 Å². The Morgan fingerprint density at radius 3 is 1.67 bits per heavy atom. The van der Waals surface area contributed by atoms with Crippen LogP contribution in [0.5, 0.6) is 11.5 Å². The Labute approximate surface area is 142 Å². The average molecular weight is 346 g/mol. The summed E-state index contributed by atoms with van der Waals surface area (Å²) < 4.78 is 23.8. The Morgan fingerprint density at radius 2 is 1.25 bits per heavy atom. The van der Waals surface area contributed by atoms with Crippen molar-refractivity contribution in [3.8, 4) is 11.5 Å². The lowest BCUT2D eigenvalue weighted by Crippen LogP contribution is -2.12. The van der Waals surface area contributed by atoms with Gasteiger partial charge in [0.1, 0.15) is 11.5 Å². The van der Waals surface area contributed by atoms with Gasteiger partial charge in [0, 0.05) is 6.42 Å². The molecule has 1 aliphatic rings. The van der Waals surface area contributed by atoms with Crippen molar-refractivity contribution in [2.24, 2.45) is 0 Å². The van der Waals surface area contributed by atoms with E-state index in [4.69, 9.17) is 9.47 Å². The highest BCUT2D eigenvalue weighted by Crippen LogP contribution is 2.44. The maximum Gasteiger partial charge on any atom is 0.273 e. The third kappa shape index (κ3) is 3.50. The van der Waals surface area contributed by atoms with Crippen molar-refractivity contribution >= 4 is 7.37 Å². The van der Waals surface area contributed by atoms with Crippen LogP contribution in [-0.2, 0) is 11.0 Å². The van der Waals surface area contributed by atoms with Crippen LogP contribution in [0.15, 0.2) is 24.3 Å². The van der Waals surface area contributed by atoms with Gasteiger partial charge in [0.05, 0.1) is 0 Å². The van der Waals surface area contributed by atoms with Crippen molar-refractivity contribution < 1.29 is 18.9 Å². The molecule has 1 heterocycles. The Kier molecular flexibility index (Phi) is 4.46. The summed E-state index contributed by atoms with van der Waals surface area (Å²) in [6, 6.07) is 8.22. The van der Waals surface area contributed by atoms with E-state index >= 15 is 0 Å². The molecule has 0 aliphatic carbocycles. The molecule has 4 nitrogen and oxygen atoms in total. The molecule has 1 N–H and O–H groups in total. The smallest absolute Gasteiger partial charge is 0.273 e. The van der Waals surface area contributed by atoms with E-state index in [9.17, 15) is 9.46 Å². The Morgan fingerprint density at radius 1 is 0.833 bits per heavy atom. The zero-order valence-electron chi connectivity index (χ0n) is 14.5. The van der Waals surface area contributed by atoms with Gasteiger partial charge in [-0.05, 0) is 49.9 Å². The summed E-state index contributed by atoms with van der Waals surface area (Å²) >= 11 is 0. The SMILES string of the molecule is Cc1cc(C)c2c(c1)Cc1cc(C)cc(C)c1OCP(=O)(O)CO2. The lowest BCUT2D eigenvalue weighted by atomic mass is 9.96. The van der Waals surface area contributed by atoms with Crippen LogP contribution in [-0.4, -0.2) is 17.6 Å². The van der Waals surface area contributed by atoms with Crippen molar-refractivity contribution in [1.29, 1.82) is 0 Å². The predicted octanol–water partition coefficient (Wildman–Crippen LogP) is 4.47. The zero-order valence-corrected chi connectivity index (χ0v) is 15.4. The molecule has 24 heavy (non-hydrogen) atoms. The fraction of sp³-hybridized carbons (Fsp3) is 0.368. The molecular weight excluding hydrogens is 323 g/mol. The number of rotatable bonds is 0. The van der Waals surface area contributed by atoms with Crippen LogP contribution in [0.3, 0.4) is 0 Å². The molecule has 0 atom stereocenters. The standard InChI is InChI=1S/C19H23O4P/c1-12-5-14(3)18-16(7-12)9-17-8-13(2)6-15(4)19(17)23-11-24(20,21)10-22-18/h5-8H,9-11H2,1-4H3,(H,20,21). The maximum absolute atomic E-state index is 12.4. The molecule has 0 unspecified atom stereocenters. The Hall–Kier alpha value is -1.77. The van der Waals surface area contributed by atoms with E-state index in [-0.39, 0.29) is 12.7 Å². The number of hydrogen-bond acceptors (Lipinski definition) is 3. The molecule has 0 aromatic heterocycles. The highest BCUT2D eigenvalue weighted by molar-refractivity contribution is 7.57. The number of hydrogen-bond donors (Lipinski definition) is 1. The third-order valence-electron chi connectivity index (χ3n) is 4.19. The molecule has 5 heteroatoms. The molecule has 0 radical (unpaired) electrons. The third-order valence-corrected chi connectivity index (χ3v) is 5.26. The van der Waals surface area contributed by atoms with Gasteiger partial charge in [0.2, 0.25) is 0 Å². The fourth-order valence-corrected chi connectivity index (χ4v) is 4.07. The number of fused-ring (bicyclic) bond motifs is 2. The Bertz CT molecular complexity index is 776. The van der Waals surface area contributed by atoms with Crippen LogP contribution < -0.4 is 9.47 Å². The van der Waals surface area contributed by atoms with Crippen LogP contribution in [0.4, 0.5) is 0 Å². The highest BCUT2D eigenvalue weighted by Gasteiger charge is 2.25. The average Bonchev–Trinajstić information content (AvgIpc) is 2.44. The molecule has 128 valence electrons. The molecule has 3 rings (SSSR count). The number of ether oxygens (including phenoxy) is 2. The van der Waals surface area contributed by atoms with E-state index in [0.717, 1.165) is 33.4 Å². The van der Waals surface area contributed by atoms with E-state index in [1.807, 2.05) is 39.8 Å². The van der Waals surface area contributed by atoms with E-state index in [1.54, 1.807) is 0 Å². The number of aryl methyl sites for hydroxylation is 4. The molecule has 2 aromatic rings. The predicted molar refractivity (Wildman–Crippen MR) is 95.5 cm³/mol. The lowest BCUT2D eigenvalue weighted by Gasteiger charge is -2.23. The fourth-order valence-electron chi connectivity index (χ4n) is 3.33. The summed E-state index contributed by atoms with van der Waals surface area (Å²) in [4.78, 5) is 10.1. The minimum Gasteiger partial charge on any atom is -0.483 e. The van der Waals surface area contributed by atoms with Crippen molar-refractivity contribution in [3.63, 3.8) is 0 Å². The molecular formula is C19H23O4P. The van der Waals surface area contributed by atoms with Gasteiger partial charge < -0.3 is 14.4 Å². The summed E-state index contributed by atoms with van der Waals surface area (Å²) in [6.07, 6.45) is 0.208. The minimum atomic E-state index is -3.52. The van der Waals surface area contributed by atoms with Gasteiger partial charge in [-0.2, -0.15) is 0 Å².